The Bertz CT molecular complexity index is 193. The summed E-state index contributed by atoms with van der Waals surface area (Å²) in [5.74, 6) is -0.186. The molecule has 0 bridgehead atoms. The van der Waals surface area contributed by atoms with Gasteiger partial charge in [-0.1, -0.05) is 6.92 Å². The summed E-state index contributed by atoms with van der Waals surface area (Å²) < 4.78 is 10.4. The van der Waals surface area contributed by atoms with Gasteiger partial charge in [-0.2, -0.15) is 0 Å². The van der Waals surface area contributed by atoms with E-state index in [4.69, 9.17) is 9.47 Å². The second-order valence-electron chi connectivity index (χ2n) is 4.85. The van der Waals surface area contributed by atoms with E-state index in [1.165, 1.54) is 0 Å². The van der Waals surface area contributed by atoms with Crippen LogP contribution >= 0.6 is 0 Å². The molecule has 0 spiro atoms. The van der Waals surface area contributed by atoms with Crippen molar-refractivity contribution in [1.29, 1.82) is 0 Å². The van der Waals surface area contributed by atoms with Crippen molar-refractivity contribution in [1.82, 2.24) is 0 Å². The number of carbonyl (C=O) groups excluding carboxylic acids is 1. The molecular formula is C11H22O3. The third kappa shape index (κ3) is 4.09. The number of hydrogen-bond donors (Lipinski definition) is 0. The summed E-state index contributed by atoms with van der Waals surface area (Å²) in [7, 11) is 1.60. The molecule has 0 aromatic heterocycles. The van der Waals surface area contributed by atoms with Crippen molar-refractivity contribution in [3.63, 3.8) is 0 Å². The van der Waals surface area contributed by atoms with E-state index in [9.17, 15) is 4.79 Å². The summed E-state index contributed by atoms with van der Waals surface area (Å²) in [6, 6.07) is 0. The third-order valence-corrected chi connectivity index (χ3v) is 2.13. The monoisotopic (exact) mass is 202 g/mol. The van der Waals surface area contributed by atoms with Crippen LogP contribution in [0.15, 0.2) is 0 Å². The minimum absolute atomic E-state index is 0.186. The first-order valence-corrected chi connectivity index (χ1v) is 4.97. The molecule has 0 aliphatic rings. The molecule has 0 aromatic carbocycles. The van der Waals surface area contributed by atoms with Gasteiger partial charge in [-0.25, -0.2) is 0 Å². The molecule has 0 N–H and O–H groups in total. The van der Waals surface area contributed by atoms with Crippen LogP contribution in [0.3, 0.4) is 0 Å². The van der Waals surface area contributed by atoms with Crippen LogP contribution in [0.2, 0.25) is 0 Å². The Labute approximate surface area is 86.8 Å². The van der Waals surface area contributed by atoms with Gasteiger partial charge >= 0.3 is 5.97 Å². The number of hydrogen-bond acceptors (Lipinski definition) is 3. The Morgan fingerprint density at radius 3 is 2.00 bits per heavy atom. The number of carbonyl (C=O) groups is 1. The van der Waals surface area contributed by atoms with E-state index in [0.717, 1.165) is 6.42 Å². The van der Waals surface area contributed by atoms with Crippen molar-refractivity contribution in [3.8, 4) is 0 Å². The molecular weight excluding hydrogens is 180 g/mol. The zero-order valence-electron chi connectivity index (χ0n) is 10.1. The molecule has 14 heavy (non-hydrogen) atoms. The number of rotatable bonds is 4. The van der Waals surface area contributed by atoms with Crippen LogP contribution in [0.25, 0.3) is 0 Å². The van der Waals surface area contributed by atoms with Crippen LogP contribution in [0.5, 0.6) is 0 Å². The second-order valence-corrected chi connectivity index (χ2v) is 4.85. The summed E-state index contributed by atoms with van der Waals surface area (Å²) in [5.41, 5.74) is -0.955. The van der Waals surface area contributed by atoms with Crippen molar-refractivity contribution in [2.75, 3.05) is 13.7 Å². The van der Waals surface area contributed by atoms with Crippen LogP contribution in [0.1, 0.15) is 41.0 Å². The maximum absolute atomic E-state index is 11.8. The van der Waals surface area contributed by atoms with Gasteiger partial charge in [0.25, 0.3) is 0 Å². The summed E-state index contributed by atoms with van der Waals surface area (Å²) in [5, 5.41) is 0. The number of esters is 1. The Morgan fingerprint density at radius 2 is 1.71 bits per heavy atom. The highest BCUT2D eigenvalue weighted by atomic mass is 16.6. The van der Waals surface area contributed by atoms with Crippen LogP contribution in [-0.2, 0) is 14.3 Å². The largest absolute Gasteiger partial charge is 0.459 e. The molecule has 1 atom stereocenters. The summed E-state index contributed by atoms with van der Waals surface area (Å²) in [6.07, 6.45) is 0.718. The molecule has 0 saturated carbocycles. The Balaban J connectivity index is 4.46. The highest BCUT2D eigenvalue weighted by Gasteiger charge is 2.35. The summed E-state index contributed by atoms with van der Waals surface area (Å²) in [4.78, 5) is 11.8. The molecule has 0 rings (SSSR count). The van der Waals surface area contributed by atoms with Crippen LogP contribution in [-0.4, -0.2) is 25.3 Å². The van der Waals surface area contributed by atoms with Gasteiger partial charge in [0.15, 0.2) is 0 Å². The second kappa shape index (κ2) is 4.78. The van der Waals surface area contributed by atoms with Gasteiger partial charge in [-0.3, -0.25) is 4.79 Å². The Hall–Kier alpha value is -0.570. The van der Waals surface area contributed by atoms with E-state index in [1.54, 1.807) is 7.11 Å². The van der Waals surface area contributed by atoms with Gasteiger partial charge in [0, 0.05) is 7.11 Å². The molecule has 0 aliphatic carbocycles. The lowest BCUT2D eigenvalue weighted by Gasteiger charge is -2.29. The average molecular weight is 202 g/mol. The predicted molar refractivity (Wildman–Crippen MR) is 56.1 cm³/mol. The Morgan fingerprint density at radius 1 is 1.21 bits per heavy atom. The maximum Gasteiger partial charge on any atom is 0.314 e. The fraction of sp³-hybridized carbons (Fsp3) is 0.909. The van der Waals surface area contributed by atoms with E-state index in [2.05, 4.69) is 0 Å². The molecule has 84 valence electrons. The Kier molecular flexibility index (Phi) is 4.59. The molecule has 0 fully saturated rings. The lowest BCUT2D eigenvalue weighted by molar-refractivity contribution is -0.170. The molecule has 0 amide bonds. The van der Waals surface area contributed by atoms with Gasteiger partial charge in [0.1, 0.15) is 5.60 Å². The summed E-state index contributed by atoms with van der Waals surface area (Å²) >= 11 is 0. The number of ether oxygens (including phenoxy) is 2. The van der Waals surface area contributed by atoms with Gasteiger partial charge < -0.3 is 9.47 Å². The fourth-order valence-corrected chi connectivity index (χ4v) is 1.03. The molecule has 3 nitrogen and oxygen atoms in total. The van der Waals surface area contributed by atoms with Crippen LogP contribution in [0.4, 0.5) is 0 Å². The predicted octanol–water partition coefficient (Wildman–Crippen LogP) is 2.39. The molecule has 0 saturated heterocycles. The normalized spacial score (nSPS) is 16.1. The van der Waals surface area contributed by atoms with E-state index < -0.39 is 11.0 Å². The molecule has 0 heterocycles. The van der Waals surface area contributed by atoms with Crippen LogP contribution < -0.4 is 0 Å². The fourth-order valence-electron chi connectivity index (χ4n) is 1.03. The highest BCUT2D eigenvalue weighted by Crippen LogP contribution is 2.25. The standard InChI is InChI=1S/C11H22O3/c1-7-11(5,8-13-6)9(12)14-10(2,3)4/h7-8H2,1-6H3. The van der Waals surface area contributed by atoms with E-state index in [0.29, 0.717) is 6.61 Å². The SMILES string of the molecule is CCC(C)(COC)C(=O)OC(C)(C)C. The topological polar surface area (TPSA) is 35.5 Å². The molecule has 0 aromatic rings. The third-order valence-electron chi connectivity index (χ3n) is 2.13. The smallest absolute Gasteiger partial charge is 0.314 e. The lowest BCUT2D eigenvalue weighted by Crippen LogP contribution is -2.38. The summed E-state index contributed by atoms with van der Waals surface area (Å²) in [6.45, 7) is 9.83. The molecule has 0 radical (unpaired) electrons. The zero-order valence-corrected chi connectivity index (χ0v) is 10.1. The van der Waals surface area contributed by atoms with Gasteiger partial charge in [0.2, 0.25) is 0 Å². The highest BCUT2D eigenvalue weighted by molar-refractivity contribution is 5.76. The minimum atomic E-state index is -0.526. The van der Waals surface area contributed by atoms with Gasteiger partial charge in [-0.15, -0.1) is 0 Å². The van der Waals surface area contributed by atoms with Gasteiger partial charge in [-0.05, 0) is 34.1 Å². The van der Waals surface area contributed by atoms with E-state index >= 15 is 0 Å². The maximum atomic E-state index is 11.8. The quantitative estimate of drug-likeness (QED) is 0.657. The minimum Gasteiger partial charge on any atom is -0.459 e. The van der Waals surface area contributed by atoms with E-state index in [1.807, 2.05) is 34.6 Å². The zero-order chi connectivity index (χ0) is 11.4. The van der Waals surface area contributed by atoms with Crippen molar-refractivity contribution in [3.05, 3.63) is 0 Å². The van der Waals surface area contributed by atoms with Crippen molar-refractivity contribution in [2.24, 2.45) is 5.41 Å². The molecule has 1 unspecified atom stereocenters. The van der Waals surface area contributed by atoms with Crippen molar-refractivity contribution in [2.45, 2.75) is 46.6 Å². The molecule has 3 heteroatoms. The first kappa shape index (κ1) is 13.4. The van der Waals surface area contributed by atoms with Gasteiger partial charge in [0.05, 0.1) is 12.0 Å². The average Bonchev–Trinajstić information content (AvgIpc) is 2.01. The van der Waals surface area contributed by atoms with Crippen molar-refractivity contribution >= 4 is 5.97 Å². The van der Waals surface area contributed by atoms with E-state index in [-0.39, 0.29) is 5.97 Å². The molecule has 0 aliphatic heterocycles. The van der Waals surface area contributed by atoms with Crippen LogP contribution in [0, 0.1) is 5.41 Å². The number of methoxy groups -OCH3 is 1. The first-order chi connectivity index (χ1) is 6.25. The van der Waals surface area contributed by atoms with Crippen molar-refractivity contribution < 1.29 is 14.3 Å². The lowest BCUT2D eigenvalue weighted by atomic mass is 9.88. The first-order valence-electron chi connectivity index (χ1n) is 4.97.